The van der Waals surface area contributed by atoms with E-state index in [0.717, 1.165) is 72.3 Å². The fraction of sp³-hybridized carbons (Fsp3) is 0.360. The lowest BCUT2D eigenvalue weighted by Gasteiger charge is -2.30. The third-order valence-corrected chi connectivity index (χ3v) is 6.79. The lowest BCUT2D eigenvalue weighted by atomic mass is 9.74. The second-order valence-corrected chi connectivity index (χ2v) is 9.21. The van der Waals surface area contributed by atoms with E-state index in [2.05, 4.69) is 37.3 Å². The average molecular weight is 469 g/mol. The summed E-state index contributed by atoms with van der Waals surface area (Å²) >= 11 is 0. The van der Waals surface area contributed by atoms with Crippen molar-refractivity contribution in [2.24, 2.45) is 11.8 Å². The summed E-state index contributed by atoms with van der Waals surface area (Å²) in [5, 5.41) is 12.6. The summed E-state index contributed by atoms with van der Waals surface area (Å²) in [4.78, 5) is 25.3. The number of aryl methyl sites for hydroxylation is 1. The van der Waals surface area contributed by atoms with E-state index in [9.17, 15) is 4.79 Å². The van der Waals surface area contributed by atoms with E-state index in [1.54, 1.807) is 12.4 Å². The van der Waals surface area contributed by atoms with Gasteiger partial charge < -0.3 is 21.3 Å². The van der Waals surface area contributed by atoms with Crippen LogP contribution in [-0.4, -0.2) is 34.3 Å². The summed E-state index contributed by atoms with van der Waals surface area (Å²) in [6, 6.07) is 10.2. The number of amides is 1. The number of aromatic nitrogens is 3. The van der Waals surface area contributed by atoms with E-state index in [-0.39, 0.29) is 5.91 Å². The number of nitrogens with zero attached hydrogens (tertiary/aromatic N) is 3. The Morgan fingerprint density at radius 2 is 1.91 bits per heavy atom. The molecule has 5 rings (SSSR count). The van der Waals surface area contributed by atoms with Crippen LogP contribution in [0.2, 0.25) is 6.32 Å². The summed E-state index contributed by atoms with van der Waals surface area (Å²) in [6.07, 6.45) is 12.1. The molecular weight excluding hydrogens is 439 g/mol. The highest BCUT2D eigenvalue weighted by molar-refractivity contribution is 6.31. The molecule has 3 heterocycles. The fourth-order valence-corrected chi connectivity index (χ4v) is 4.86. The Bertz CT molecular complexity index is 1170. The van der Waals surface area contributed by atoms with Crippen molar-refractivity contribution in [2.45, 2.75) is 50.9 Å². The lowest BCUT2D eigenvalue weighted by molar-refractivity contribution is -0.116. The van der Waals surface area contributed by atoms with Crippen LogP contribution >= 0.6 is 0 Å². The maximum atomic E-state index is 11.6. The molecule has 1 saturated carbocycles. The van der Waals surface area contributed by atoms with Gasteiger partial charge in [0.05, 0.1) is 0 Å². The minimum Gasteiger partial charge on any atom is -0.367 e. The second-order valence-electron chi connectivity index (χ2n) is 9.21. The van der Waals surface area contributed by atoms with Crippen molar-refractivity contribution in [1.29, 1.82) is 0 Å². The van der Waals surface area contributed by atoms with Gasteiger partial charge >= 0.3 is 0 Å². The molecule has 1 amide bonds. The number of carbonyl (C=O) groups is 1. The Morgan fingerprint density at radius 1 is 1.09 bits per heavy atom. The molecule has 1 aliphatic heterocycles. The molecule has 1 aliphatic carbocycles. The van der Waals surface area contributed by atoms with Crippen molar-refractivity contribution in [1.82, 2.24) is 20.3 Å². The monoisotopic (exact) mass is 469 g/mol. The number of hydrogen-bond acceptors (Lipinski definition) is 8. The summed E-state index contributed by atoms with van der Waals surface area (Å²) < 4.78 is 0. The first-order valence-electron chi connectivity index (χ1n) is 12.2. The van der Waals surface area contributed by atoms with Gasteiger partial charge in [-0.15, -0.1) is 0 Å². The van der Waals surface area contributed by atoms with Crippen molar-refractivity contribution in [2.75, 3.05) is 16.0 Å². The molecule has 2 aromatic heterocycles. The van der Waals surface area contributed by atoms with Gasteiger partial charge in [-0.2, -0.15) is 4.98 Å². The van der Waals surface area contributed by atoms with Gasteiger partial charge in [-0.25, -0.2) is 4.98 Å². The Morgan fingerprint density at radius 3 is 2.71 bits per heavy atom. The Labute approximate surface area is 206 Å². The van der Waals surface area contributed by atoms with Gasteiger partial charge in [-0.05, 0) is 79.5 Å². The predicted molar refractivity (Wildman–Crippen MR) is 139 cm³/mol. The molecule has 0 unspecified atom stereocenters. The number of nitrogens with two attached hydrogens (primary N) is 1. The number of hydrazine groups is 1. The summed E-state index contributed by atoms with van der Waals surface area (Å²) in [5.41, 5.74) is 4.86. The van der Waals surface area contributed by atoms with Crippen LogP contribution in [0.5, 0.6) is 0 Å². The van der Waals surface area contributed by atoms with Crippen LogP contribution < -0.4 is 27.1 Å². The Kier molecular flexibility index (Phi) is 7.20. The van der Waals surface area contributed by atoms with E-state index < -0.39 is 0 Å². The first kappa shape index (κ1) is 23.3. The molecule has 1 fully saturated rings. The number of benzene rings is 1. The zero-order valence-corrected chi connectivity index (χ0v) is 19.6. The normalized spacial score (nSPS) is 19.4. The Balaban J connectivity index is 1.35. The van der Waals surface area contributed by atoms with Crippen LogP contribution in [0.1, 0.15) is 37.7 Å². The molecule has 1 radical (unpaired) electrons. The van der Waals surface area contributed by atoms with Gasteiger partial charge in [0, 0.05) is 48.0 Å². The fourth-order valence-electron chi connectivity index (χ4n) is 4.86. The maximum absolute atomic E-state index is 11.6. The highest BCUT2D eigenvalue weighted by atomic mass is 16.1. The number of fused-ring (bicyclic) bond motifs is 1. The summed E-state index contributed by atoms with van der Waals surface area (Å²) in [7, 11) is 1.94. The van der Waals surface area contributed by atoms with Gasteiger partial charge in [0.15, 0.2) is 0 Å². The highest BCUT2D eigenvalue weighted by Gasteiger charge is 2.23. The molecule has 0 saturated heterocycles. The number of carbonyl (C=O) groups excluding carboxylic acids is 1. The average Bonchev–Trinajstić information content (AvgIpc) is 2.89. The zero-order chi connectivity index (χ0) is 24.0. The van der Waals surface area contributed by atoms with Crippen molar-refractivity contribution in [3.05, 3.63) is 54.5 Å². The maximum Gasteiger partial charge on any atom is 0.229 e. The van der Waals surface area contributed by atoms with Crippen LogP contribution in [0, 0.1) is 5.92 Å². The zero-order valence-electron chi connectivity index (χ0n) is 19.6. The number of nitrogens with one attached hydrogen (secondary N) is 4. The standard InChI is InChI=1S/C25H30BN8O/c27-34-26-14-16-1-4-19(5-2-16)30-24-21(17-9-11-28-12-10-17)15-29-25(33-24)31-20-6-7-22-18(13-20)3-8-23(35)32-22/h6-7,9-13,15-16,19,34H,1-5,8,14,27H2,(H,32,35)(H2,29,30,31,33). The molecule has 6 N–H and O–H groups in total. The predicted octanol–water partition coefficient (Wildman–Crippen LogP) is 3.64. The van der Waals surface area contributed by atoms with E-state index in [0.29, 0.717) is 24.3 Å². The molecular formula is C25H30BN8O. The molecule has 3 aromatic rings. The quantitative estimate of drug-likeness (QED) is 0.192. The number of rotatable bonds is 8. The number of anilines is 4. The van der Waals surface area contributed by atoms with Crippen molar-refractivity contribution in [3.8, 4) is 11.1 Å². The summed E-state index contributed by atoms with van der Waals surface area (Å²) in [6.45, 7) is 0. The molecule has 10 heteroatoms. The van der Waals surface area contributed by atoms with Crippen LogP contribution in [0.15, 0.2) is 48.9 Å². The Hall–Kier alpha value is -3.50. The molecule has 2 aliphatic rings. The molecule has 1 aromatic carbocycles. The van der Waals surface area contributed by atoms with Crippen molar-refractivity contribution >= 4 is 36.5 Å². The molecule has 179 valence electrons. The molecule has 0 bridgehead atoms. The van der Waals surface area contributed by atoms with Gasteiger partial charge in [0.25, 0.3) is 0 Å². The molecule has 0 atom stereocenters. The number of hydrogen-bond donors (Lipinski definition) is 5. The second kappa shape index (κ2) is 10.8. The van der Waals surface area contributed by atoms with Gasteiger partial charge in [-0.3, -0.25) is 15.6 Å². The third kappa shape index (κ3) is 5.78. The van der Waals surface area contributed by atoms with Crippen LogP contribution in [-0.2, 0) is 11.2 Å². The molecule has 0 spiro atoms. The minimum absolute atomic E-state index is 0.0622. The summed E-state index contributed by atoms with van der Waals surface area (Å²) in [5.74, 6) is 7.47. The first-order valence-corrected chi connectivity index (χ1v) is 12.2. The van der Waals surface area contributed by atoms with E-state index in [1.165, 1.54) is 0 Å². The van der Waals surface area contributed by atoms with E-state index >= 15 is 0 Å². The minimum atomic E-state index is 0.0622. The highest BCUT2D eigenvalue weighted by Crippen LogP contribution is 2.33. The smallest absolute Gasteiger partial charge is 0.229 e. The van der Waals surface area contributed by atoms with Gasteiger partial charge in [-0.1, -0.05) is 6.32 Å². The first-order chi connectivity index (χ1) is 17.2. The molecule has 35 heavy (non-hydrogen) atoms. The largest absolute Gasteiger partial charge is 0.367 e. The third-order valence-electron chi connectivity index (χ3n) is 6.79. The lowest BCUT2D eigenvalue weighted by Crippen LogP contribution is -2.31. The van der Waals surface area contributed by atoms with Crippen LogP contribution in [0.3, 0.4) is 0 Å². The van der Waals surface area contributed by atoms with E-state index in [4.69, 9.17) is 10.8 Å². The van der Waals surface area contributed by atoms with Crippen molar-refractivity contribution < 1.29 is 4.79 Å². The van der Waals surface area contributed by atoms with Gasteiger partial charge in [0.1, 0.15) is 5.82 Å². The van der Waals surface area contributed by atoms with Crippen LogP contribution in [0.25, 0.3) is 11.1 Å². The van der Waals surface area contributed by atoms with Crippen molar-refractivity contribution in [3.63, 3.8) is 0 Å². The van der Waals surface area contributed by atoms with Gasteiger partial charge in [0.2, 0.25) is 19.3 Å². The van der Waals surface area contributed by atoms with E-state index in [1.807, 2.05) is 37.9 Å². The SMILES string of the molecule is NN[B]CC1CCC(Nc2nc(Nc3ccc4c(c3)CCC(=O)N4)ncc2-c2ccncc2)CC1. The van der Waals surface area contributed by atoms with Crippen LogP contribution in [0.4, 0.5) is 23.1 Å². The topological polar surface area (TPSA) is 130 Å². The molecule has 9 nitrogen and oxygen atoms in total. The number of pyridine rings is 1.